The lowest BCUT2D eigenvalue weighted by atomic mass is 10.2. The first-order valence-electron chi connectivity index (χ1n) is 5.71. The third kappa shape index (κ3) is 4.41. The number of hydrogen-bond acceptors (Lipinski definition) is 7. The molecule has 0 unspecified atom stereocenters. The van der Waals surface area contributed by atoms with Crippen LogP contribution in [0.15, 0.2) is 18.2 Å². The van der Waals surface area contributed by atoms with E-state index in [2.05, 4.69) is 9.47 Å². The Morgan fingerprint density at radius 1 is 1.24 bits per heavy atom. The minimum Gasteiger partial charge on any atom is -0.468 e. The molecule has 21 heavy (non-hydrogen) atoms. The molecular formula is C12H13FN2O6. The number of nitrogens with zero attached hydrogens (tertiary/aromatic N) is 2. The van der Waals surface area contributed by atoms with Crippen LogP contribution in [-0.2, 0) is 19.1 Å². The highest BCUT2D eigenvalue weighted by atomic mass is 19.1. The quantitative estimate of drug-likeness (QED) is 0.437. The highest BCUT2D eigenvalue weighted by molar-refractivity contribution is 5.83. The smallest absolute Gasteiger partial charge is 0.325 e. The first kappa shape index (κ1) is 16.3. The molecule has 9 heteroatoms. The molecule has 0 aliphatic heterocycles. The fraction of sp³-hybridized carbons (Fsp3) is 0.333. The third-order valence-corrected chi connectivity index (χ3v) is 2.57. The van der Waals surface area contributed by atoms with Crippen LogP contribution in [0.25, 0.3) is 0 Å². The number of rotatable bonds is 6. The van der Waals surface area contributed by atoms with E-state index in [1.165, 1.54) is 0 Å². The normalized spacial score (nSPS) is 9.86. The van der Waals surface area contributed by atoms with Gasteiger partial charge in [0.1, 0.15) is 24.6 Å². The lowest BCUT2D eigenvalue weighted by Gasteiger charge is -2.21. The molecule has 0 aliphatic rings. The molecule has 0 fully saturated rings. The first-order valence-corrected chi connectivity index (χ1v) is 5.71. The number of methoxy groups -OCH3 is 2. The second kappa shape index (κ2) is 7.17. The molecular weight excluding hydrogens is 287 g/mol. The van der Waals surface area contributed by atoms with E-state index < -0.39 is 41.5 Å². The van der Waals surface area contributed by atoms with Crippen molar-refractivity contribution in [1.82, 2.24) is 0 Å². The van der Waals surface area contributed by atoms with Crippen molar-refractivity contribution in [1.29, 1.82) is 0 Å². The molecule has 0 saturated heterocycles. The molecule has 0 radical (unpaired) electrons. The van der Waals surface area contributed by atoms with Gasteiger partial charge in [-0.3, -0.25) is 19.7 Å². The van der Waals surface area contributed by atoms with Crippen LogP contribution in [0, 0.1) is 15.9 Å². The van der Waals surface area contributed by atoms with E-state index >= 15 is 0 Å². The zero-order valence-corrected chi connectivity index (χ0v) is 11.4. The lowest BCUT2D eigenvalue weighted by molar-refractivity contribution is -0.384. The molecule has 114 valence electrons. The fourth-order valence-corrected chi connectivity index (χ4v) is 1.57. The minimum absolute atomic E-state index is 0.212. The van der Waals surface area contributed by atoms with Crippen LogP contribution in [0.1, 0.15) is 0 Å². The molecule has 0 atom stereocenters. The average Bonchev–Trinajstić information content (AvgIpc) is 2.45. The number of carbonyl (C=O) groups excluding carboxylic acids is 2. The number of anilines is 1. The Morgan fingerprint density at radius 2 is 1.76 bits per heavy atom. The zero-order chi connectivity index (χ0) is 16.0. The van der Waals surface area contributed by atoms with E-state index in [4.69, 9.17) is 0 Å². The summed E-state index contributed by atoms with van der Waals surface area (Å²) in [6, 6.07) is 2.73. The van der Waals surface area contributed by atoms with Gasteiger partial charge in [0.05, 0.1) is 19.1 Å². The maximum absolute atomic E-state index is 13.3. The van der Waals surface area contributed by atoms with Crippen molar-refractivity contribution >= 4 is 23.3 Å². The van der Waals surface area contributed by atoms with Gasteiger partial charge in [0, 0.05) is 12.1 Å². The van der Waals surface area contributed by atoms with Crippen LogP contribution in [0.4, 0.5) is 15.8 Å². The van der Waals surface area contributed by atoms with Gasteiger partial charge >= 0.3 is 11.9 Å². The monoisotopic (exact) mass is 300 g/mol. The summed E-state index contributed by atoms with van der Waals surface area (Å²) in [5.74, 6) is -2.22. The van der Waals surface area contributed by atoms with Crippen molar-refractivity contribution in [2.75, 3.05) is 32.2 Å². The summed E-state index contributed by atoms with van der Waals surface area (Å²) in [6.45, 7) is -0.925. The SMILES string of the molecule is COC(=O)CN(CC(=O)OC)c1cc(F)ccc1[N+](=O)[O-]. The van der Waals surface area contributed by atoms with Crippen molar-refractivity contribution < 1.29 is 28.4 Å². The zero-order valence-electron chi connectivity index (χ0n) is 11.4. The summed E-state index contributed by atoms with van der Waals surface area (Å²) in [6.07, 6.45) is 0. The number of ether oxygens (including phenoxy) is 2. The summed E-state index contributed by atoms with van der Waals surface area (Å²) in [4.78, 5) is 33.9. The van der Waals surface area contributed by atoms with E-state index in [0.717, 1.165) is 37.3 Å². The summed E-state index contributed by atoms with van der Waals surface area (Å²) in [5, 5.41) is 11.0. The topological polar surface area (TPSA) is 99.0 Å². The number of esters is 2. The maximum Gasteiger partial charge on any atom is 0.325 e. The Bertz CT molecular complexity index is 545. The van der Waals surface area contributed by atoms with Crippen LogP contribution < -0.4 is 4.90 Å². The predicted molar refractivity (Wildman–Crippen MR) is 69.3 cm³/mol. The average molecular weight is 300 g/mol. The van der Waals surface area contributed by atoms with Gasteiger partial charge < -0.3 is 14.4 Å². The second-order valence-corrected chi connectivity index (χ2v) is 3.90. The van der Waals surface area contributed by atoms with Gasteiger partial charge in [0.15, 0.2) is 0 Å². The van der Waals surface area contributed by atoms with Crippen molar-refractivity contribution in [3.63, 3.8) is 0 Å². The van der Waals surface area contributed by atoms with E-state index in [0.29, 0.717) is 0 Å². The third-order valence-electron chi connectivity index (χ3n) is 2.57. The summed E-state index contributed by atoms with van der Waals surface area (Å²) >= 11 is 0. The number of halogens is 1. The highest BCUT2D eigenvalue weighted by Crippen LogP contribution is 2.28. The molecule has 0 amide bonds. The summed E-state index contributed by atoms with van der Waals surface area (Å²) < 4.78 is 22.2. The van der Waals surface area contributed by atoms with Gasteiger partial charge in [0.25, 0.3) is 5.69 Å². The largest absolute Gasteiger partial charge is 0.468 e. The Hall–Kier alpha value is -2.71. The van der Waals surface area contributed by atoms with Crippen LogP contribution in [0.2, 0.25) is 0 Å². The number of carbonyl (C=O) groups is 2. The van der Waals surface area contributed by atoms with Gasteiger partial charge in [-0.2, -0.15) is 0 Å². The minimum atomic E-state index is -0.740. The molecule has 0 aliphatic carbocycles. The van der Waals surface area contributed by atoms with Crippen LogP contribution in [0.5, 0.6) is 0 Å². The molecule has 1 aromatic rings. The predicted octanol–water partition coefficient (Wildman–Crippen LogP) is 0.886. The number of hydrogen-bond donors (Lipinski definition) is 0. The number of nitro benzene ring substituents is 1. The van der Waals surface area contributed by atoms with Crippen LogP contribution in [0.3, 0.4) is 0 Å². The molecule has 0 heterocycles. The standard InChI is InChI=1S/C12H13FN2O6/c1-20-11(16)6-14(7-12(17)21-2)10-5-8(13)3-4-9(10)15(18)19/h3-5H,6-7H2,1-2H3. The van der Waals surface area contributed by atoms with Gasteiger partial charge in [-0.1, -0.05) is 0 Å². The van der Waals surface area contributed by atoms with Crippen molar-refractivity contribution in [3.05, 3.63) is 34.1 Å². The molecule has 0 aromatic heterocycles. The first-order chi connectivity index (χ1) is 9.88. The molecule has 8 nitrogen and oxygen atoms in total. The Morgan fingerprint density at radius 3 is 2.19 bits per heavy atom. The molecule has 1 aromatic carbocycles. The van der Waals surface area contributed by atoms with Crippen LogP contribution in [-0.4, -0.2) is 44.2 Å². The maximum atomic E-state index is 13.3. The highest BCUT2D eigenvalue weighted by Gasteiger charge is 2.24. The molecule has 0 saturated carbocycles. The Kier molecular flexibility index (Phi) is 5.58. The van der Waals surface area contributed by atoms with E-state index in [9.17, 15) is 24.1 Å². The van der Waals surface area contributed by atoms with Crippen molar-refractivity contribution in [2.45, 2.75) is 0 Å². The Balaban J connectivity index is 3.23. The van der Waals surface area contributed by atoms with Gasteiger partial charge in [0.2, 0.25) is 0 Å². The summed E-state index contributed by atoms with van der Waals surface area (Å²) in [7, 11) is 2.25. The molecule has 1 rings (SSSR count). The van der Waals surface area contributed by atoms with Crippen molar-refractivity contribution in [2.24, 2.45) is 0 Å². The van der Waals surface area contributed by atoms with Crippen LogP contribution >= 0.6 is 0 Å². The molecule has 0 bridgehead atoms. The number of nitro groups is 1. The van der Waals surface area contributed by atoms with Gasteiger partial charge in [-0.15, -0.1) is 0 Å². The molecule has 0 spiro atoms. The van der Waals surface area contributed by atoms with Crippen molar-refractivity contribution in [3.8, 4) is 0 Å². The Labute approximate surface area is 119 Å². The number of benzene rings is 1. The van der Waals surface area contributed by atoms with E-state index in [-0.39, 0.29) is 5.69 Å². The van der Waals surface area contributed by atoms with Gasteiger partial charge in [-0.05, 0) is 6.07 Å². The lowest BCUT2D eigenvalue weighted by Crippen LogP contribution is -2.36. The summed E-state index contributed by atoms with van der Waals surface area (Å²) in [5.41, 5.74) is -0.653. The fourth-order valence-electron chi connectivity index (χ4n) is 1.57. The molecule has 0 N–H and O–H groups in total. The second-order valence-electron chi connectivity index (χ2n) is 3.90. The van der Waals surface area contributed by atoms with E-state index in [1.807, 2.05) is 0 Å². The van der Waals surface area contributed by atoms with Gasteiger partial charge in [-0.25, -0.2) is 4.39 Å². The van der Waals surface area contributed by atoms with E-state index in [1.54, 1.807) is 0 Å².